The Morgan fingerprint density at radius 1 is 1.25 bits per heavy atom. The molecule has 0 aromatic carbocycles. The van der Waals surface area contributed by atoms with Crippen molar-refractivity contribution in [2.75, 3.05) is 13.1 Å². The summed E-state index contributed by atoms with van der Waals surface area (Å²) in [4.78, 5) is 23.3. The molecule has 0 spiro atoms. The number of hydrogen-bond acceptors (Lipinski definition) is 4. The van der Waals surface area contributed by atoms with E-state index in [1.165, 1.54) is 4.31 Å². The highest BCUT2D eigenvalue weighted by Crippen LogP contribution is 2.25. The number of piperidine rings is 1. The summed E-state index contributed by atoms with van der Waals surface area (Å²) >= 11 is 0. The molecule has 2 heterocycles. The summed E-state index contributed by atoms with van der Waals surface area (Å²) in [7, 11) is -3.78. The number of nitrogens with zero attached hydrogens (tertiary/aromatic N) is 2. The summed E-state index contributed by atoms with van der Waals surface area (Å²) in [6, 6.07) is -0.891. The van der Waals surface area contributed by atoms with Crippen LogP contribution < -0.4 is 5.32 Å². The third-order valence-electron chi connectivity index (χ3n) is 3.93. The van der Waals surface area contributed by atoms with Gasteiger partial charge in [-0.05, 0) is 26.2 Å². The zero-order valence-corrected chi connectivity index (χ0v) is 12.6. The lowest BCUT2D eigenvalue weighted by Gasteiger charge is -2.39. The number of nitrogens with one attached hydrogen (secondary N) is 1. The van der Waals surface area contributed by atoms with Gasteiger partial charge in [-0.15, -0.1) is 0 Å². The highest BCUT2D eigenvalue weighted by Gasteiger charge is 2.44. The Labute approximate surface area is 119 Å². The molecule has 2 aliphatic heterocycles. The van der Waals surface area contributed by atoms with Crippen LogP contribution in [-0.4, -0.2) is 54.0 Å². The molecular formula is C12H21N3O4S. The molecule has 20 heavy (non-hydrogen) atoms. The Balaban J connectivity index is 2.30. The van der Waals surface area contributed by atoms with Gasteiger partial charge in [-0.25, -0.2) is 0 Å². The van der Waals surface area contributed by atoms with Crippen LogP contribution in [0.3, 0.4) is 0 Å². The minimum Gasteiger partial charge on any atom is -0.294 e. The maximum Gasteiger partial charge on any atom is 0.283 e. The molecule has 0 bridgehead atoms. The molecule has 0 aromatic heterocycles. The molecule has 2 aliphatic rings. The van der Waals surface area contributed by atoms with Crippen LogP contribution in [0.5, 0.6) is 0 Å². The molecule has 0 aromatic rings. The Hall–Kier alpha value is -0.990. The lowest BCUT2D eigenvalue weighted by Crippen LogP contribution is -2.63. The number of imide groups is 1. The molecule has 0 radical (unpaired) electrons. The molecule has 2 unspecified atom stereocenters. The number of piperazine rings is 1. The number of carbonyl (C=O) groups is 2. The van der Waals surface area contributed by atoms with Gasteiger partial charge in [0, 0.05) is 12.6 Å². The van der Waals surface area contributed by atoms with E-state index in [1.54, 1.807) is 6.92 Å². The van der Waals surface area contributed by atoms with E-state index in [-0.39, 0.29) is 12.6 Å². The average molecular weight is 303 g/mol. The fourth-order valence-electron chi connectivity index (χ4n) is 2.82. The van der Waals surface area contributed by atoms with Crippen LogP contribution in [0.15, 0.2) is 0 Å². The van der Waals surface area contributed by atoms with Crippen LogP contribution in [0.2, 0.25) is 0 Å². The molecule has 2 atom stereocenters. The van der Waals surface area contributed by atoms with Crippen LogP contribution in [0.25, 0.3) is 0 Å². The molecule has 1 N–H and O–H groups in total. The topological polar surface area (TPSA) is 86.8 Å². The van der Waals surface area contributed by atoms with Crippen LogP contribution >= 0.6 is 0 Å². The van der Waals surface area contributed by atoms with Crippen LogP contribution in [-0.2, 0) is 19.8 Å². The second kappa shape index (κ2) is 5.79. The quantitative estimate of drug-likeness (QED) is 0.734. The second-order valence-electron chi connectivity index (χ2n) is 5.34. The lowest BCUT2D eigenvalue weighted by atomic mass is 10.1. The summed E-state index contributed by atoms with van der Waals surface area (Å²) in [5.41, 5.74) is 0. The van der Waals surface area contributed by atoms with Gasteiger partial charge in [-0.2, -0.15) is 17.0 Å². The molecule has 2 amide bonds. The molecule has 0 saturated carbocycles. The van der Waals surface area contributed by atoms with Crippen molar-refractivity contribution in [1.82, 2.24) is 13.9 Å². The monoisotopic (exact) mass is 303 g/mol. The van der Waals surface area contributed by atoms with Gasteiger partial charge >= 0.3 is 0 Å². The second-order valence-corrected chi connectivity index (χ2v) is 7.18. The lowest BCUT2D eigenvalue weighted by molar-refractivity contribution is -0.137. The molecule has 8 heteroatoms. The summed E-state index contributed by atoms with van der Waals surface area (Å²) in [5.74, 6) is -1.09. The Morgan fingerprint density at radius 2 is 1.95 bits per heavy atom. The maximum atomic E-state index is 12.7. The minimum absolute atomic E-state index is 0.0913. The van der Waals surface area contributed by atoms with Gasteiger partial charge < -0.3 is 0 Å². The third kappa shape index (κ3) is 2.72. The minimum atomic E-state index is -3.78. The van der Waals surface area contributed by atoms with E-state index in [0.29, 0.717) is 13.0 Å². The fraction of sp³-hybridized carbons (Fsp3) is 0.833. The number of amides is 2. The van der Waals surface area contributed by atoms with E-state index < -0.39 is 28.1 Å². The molecule has 2 rings (SSSR count). The van der Waals surface area contributed by atoms with Gasteiger partial charge in [-0.3, -0.25) is 14.9 Å². The van der Waals surface area contributed by atoms with E-state index >= 15 is 0 Å². The average Bonchev–Trinajstić information content (AvgIpc) is 2.38. The van der Waals surface area contributed by atoms with E-state index in [9.17, 15) is 18.0 Å². The molecule has 0 aliphatic carbocycles. The van der Waals surface area contributed by atoms with Crippen LogP contribution in [0.1, 0.15) is 39.5 Å². The van der Waals surface area contributed by atoms with Gasteiger partial charge in [0.2, 0.25) is 11.8 Å². The first-order valence-electron chi connectivity index (χ1n) is 7.00. The van der Waals surface area contributed by atoms with E-state index in [0.717, 1.165) is 23.6 Å². The first kappa shape index (κ1) is 15.4. The number of hydrogen-bond donors (Lipinski definition) is 1. The molecule has 114 valence electrons. The van der Waals surface area contributed by atoms with Crippen LogP contribution in [0, 0.1) is 0 Å². The van der Waals surface area contributed by atoms with Crippen molar-refractivity contribution in [1.29, 1.82) is 0 Å². The van der Waals surface area contributed by atoms with Gasteiger partial charge in [-0.1, -0.05) is 13.3 Å². The predicted molar refractivity (Wildman–Crippen MR) is 72.9 cm³/mol. The molecular weight excluding hydrogens is 282 g/mol. The molecule has 7 nitrogen and oxygen atoms in total. The highest BCUT2D eigenvalue weighted by molar-refractivity contribution is 7.86. The smallest absolute Gasteiger partial charge is 0.283 e. The third-order valence-corrected chi connectivity index (χ3v) is 6.05. The van der Waals surface area contributed by atoms with Crippen molar-refractivity contribution in [3.05, 3.63) is 0 Å². The fourth-order valence-corrected chi connectivity index (χ4v) is 4.86. The summed E-state index contributed by atoms with van der Waals surface area (Å²) in [6.07, 6.45) is 2.97. The maximum absolute atomic E-state index is 12.7. The number of rotatable bonds is 3. The van der Waals surface area contributed by atoms with E-state index in [1.807, 2.05) is 6.92 Å². The van der Waals surface area contributed by atoms with Crippen molar-refractivity contribution in [3.63, 3.8) is 0 Å². The highest BCUT2D eigenvalue weighted by atomic mass is 32.2. The Kier molecular flexibility index (Phi) is 4.46. The van der Waals surface area contributed by atoms with Gasteiger partial charge in [0.1, 0.15) is 6.04 Å². The first-order chi connectivity index (χ1) is 9.37. The van der Waals surface area contributed by atoms with Gasteiger partial charge in [0.15, 0.2) is 0 Å². The van der Waals surface area contributed by atoms with Crippen molar-refractivity contribution in [2.45, 2.75) is 51.6 Å². The first-order valence-corrected chi connectivity index (χ1v) is 8.40. The SMILES string of the molecule is CCC1C(=O)NC(=O)CN1S(=O)(=O)N1CCCCC1C. The standard InChI is InChI=1S/C12H21N3O4S/c1-3-10-12(17)13-11(16)8-15(10)20(18,19)14-7-5-4-6-9(14)2/h9-10H,3-8H2,1-2H3,(H,13,16,17). The Bertz CT molecular complexity index is 505. The van der Waals surface area contributed by atoms with Crippen molar-refractivity contribution < 1.29 is 18.0 Å². The van der Waals surface area contributed by atoms with Crippen LogP contribution in [0.4, 0.5) is 0 Å². The van der Waals surface area contributed by atoms with E-state index in [4.69, 9.17) is 0 Å². The Morgan fingerprint density at radius 3 is 2.55 bits per heavy atom. The summed E-state index contributed by atoms with van der Waals surface area (Å²) in [6.45, 7) is 3.77. The normalized spacial score (nSPS) is 30.3. The zero-order valence-electron chi connectivity index (χ0n) is 11.8. The van der Waals surface area contributed by atoms with Crippen molar-refractivity contribution in [3.8, 4) is 0 Å². The zero-order chi connectivity index (χ0) is 14.9. The summed E-state index contributed by atoms with van der Waals surface area (Å²) < 4.78 is 27.9. The van der Waals surface area contributed by atoms with Crippen molar-refractivity contribution >= 4 is 22.0 Å². The molecule has 2 saturated heterocycles. The van der Waals surface area contributed by atoms with E-state index in [2.05, 4.69) is 5.32 Å². The number of carbonyl (C=O) groups excluding carboxylic acids is 2. The van der Waals surface area contributed by atoms with Gasteiger partial charge in [0.05, 0.1) is 6.54 Å². The summed E-state index contributed by atoms with van der Waals surface area (Å²) in [5, 5.41) is 2.19. The predicted octanol–water partition coefficient (Wildman–Crippen LogP) is -0.157. The van der Waals surface area contributed by atoms with Crippen molar-refractivity contribution in [2.24, 2.45) is 0 Å². The molecule has 2 fully saturated rings. The largest absolute Gasteiger partial charge is 0.294 e. The van der Waals surface area contributed by atoms with Gasteiger partial charge in [0.25, 0.3) is 10.2 Å².